The van der Waals surface area contributed by atoms with Gasteiger partial charge in [-0.3, -0.25) is 9.59 Å². The first-order valence-corrected chi connectivity index (χ1v) is 7.48. The van der Waals surface area contributed by atoms with Crippen molar-refractivity contribution in [3.05, 3.63) is 21.3 Å². The van der Waals surface area contributed by atoms with Gasteiger partial charge in [0.15, 0.2) is 11.5 Å². The van der Waals surface area contributed by atoms with Gasteiger partial charge in [-0.05, 0) is 46.7 Å². The molecule has 0 spiro atoms. The molecule has 6 nitrogen and oxygen atoms in total. The van der Waals surface area contributed by atoms with Crippen molar-refractivity contribution in [3.63, 3.8) is 0 Å². The minimum atomic E-state index is -0.414. The zero-order valence-electron chi connectivity index (χ0n) is 11.9. The molecule has 0 atom stereocenters. The van der Waals surface area contributed by atoms with Crippen LogP contribution in [0.4, 0.5) is 0 Å². The van der Waals surface area contributed by atoms with Gasteiger partial charge in [-0.2, -0.15) is 0 Å². The van der Waals surface area contributed by atoms with Gasteiger partial charge in [0.1, 0.15) is 0 Å². The van der Waals surface area contributed by atoms with Gasteiger partial charge < -0.3 is 19.9 Å². The summed E-state index contributed by atoms with van der Waals surface area (Å²) in [6.07, 6.45) is 0.843. The Morgan fingerprint density at radius 3 is 2.67 bits per heavy atom. The fourth-order valence-corrected chi connectivity index (χ4v) is 2.48. The maximum Gasteiger partial charge on any atom is 0.308 e. The van der Waals surface area contributed by atoms with Crippen LogP contribution in [0.25, 0.3) is 0 Å². The van der Waals surface area contributed by atoms with Gasteiger partial charge in [0.2, 0.25) is 5.91 Å². The van der Waals surface area contributed by atoms with Crippen LogP contribution in [0, 0.1) is 3.57 Å². The summed E-state index contributed by atoms with van der Waals surface area (Å²) in [6, 6.07) is 3.60. The number of nitrogens with one attached hydrogen (secondary N) is 1. The minimum Gasteiger partial charge on any atom is -0.493 e. The molecule has 1 amide bonds. The number of aryl methyl sites for hydroxylation is 1. The molecule has 1 rings (SSSR count). The lowest BCUT2D eigenvalue weighted by molar-refractivity contribution is -0.132. The number of hydrogen-bond donors (Lipinski definition) is 2. The number of carbonyl (C=O) groups is 2. The molecule has 0 bridgehead atoms. The summed E-state index contributed by atoms with van der Waals surface area (Å²) in [5.41, 5.74) is 0.909. The molecule has 1 aromatic rings. The highest BCUT2D eigenvalue weighted by molar-refractivity contribution is 14.1. The molecule has 0 saturated carbocycles. The van der Waals surface area contributed by atoms with Crippen LogP contribution in [-0.4, -0.2) is 37.2 Å². The van der Waals surface area contributed by atoms with Crippen molar-refractivity contribution in [3.8, 4) is 11.5 Å². The number of ether oxygens (including phenoxy) is 2. The molecule has 0 aliphatic rings. The molecule has 0 aliphatic carbocycles. The van der Waals surface area contributed by atoms with E-state index in [9.17, 15) is 9.59 Å². The standard InChI is InChI=1S/C14H18INO5/c1-9(18)21-14-11(15)7-10(8-12(14)20-2)3-4-13(19)16-5-6-17/h7-8,17H,3-6H2,1-2H3,(H,16,19). The Kier molecular flexibility index (Phi) is 7.44. The van der Waals surface area contributed by atoms with Crippen molar-refractivity contribution in [2.75, 3.05) is 20.3 Å². The van der Waals surface area contributed by atoms with Crippen molar-refractivity contribution >= 4 is 34.5 Å². The van der Waals surface area contributed by atoms with Crippen LogP contribution in [0.1, 0.15) is 18.9 Å². The Bertz CT molecular complexity index is 518. The Morgan fingerprint density at radius 2 is 2.10 bits per heavy atom. The first-order valence-electron chi connectivity index (χ1n) is 6.40. The summed E-state index contributed by atoms with van der Waals surface area (Å²) in [4.78, 5) is 22.6. The van der Waals surface area contributed by atoms with Gasteiger partial charge in [-0.25, -0.2) is 0 Å². The zero-order chi connectivity index (χ0) is 15.8. The fraction of sp³-hybridized carbons (Fsp3) is 0.429. The third-order valence-electron chi connectivity index (χ3n) is 2.61. The lowest BCUT2D eigenvalue weighted by Crippen LogP contribution is -2.26. The monoisotopic (exact) mass is 407 g/mol. The van der Waals surface area contributed by atoms with Gasteiger partial charge in [0.25, 0.3) is 0 Å². The summed E-state index contributed by atoms with van der Waals surface area (Å²) < 4.78 is 11.1. The first-order chi connectivity index (χ1) is 9.97. The van der Waals surface area contributed by atoms with Crippen molar-refractivity contribution in [1.82, 2.24) is 5.32 Å². The summed E-state index contributed by atoms with van der Waals surface area (Å²) in [5.74, 6) is 0.311. The van der Waals surface area contributed by atoms with Crippen LogP contribution in [0.3, 0.4) is 0 Å². The molecule has 1 aromatic carbocycles. The number of methoxy groups -OCH3 is 1. The first kappa shape index (κ1) is 17.7. The average Bonchev–Trinajstić information content (AvgIpc) is 2.44. The Labute approximate surface area is 137 Å². The van der Waals surface area contributed by atoms with Gasteiger partial charge in [0, 0.05) is 19.9 Å². The van der Waals surface area contributed by atoms with Crippen LogP contribution >= 0.6 is 22.6 Å². The van der Waals surface area contributed by atoms with Gasteiger partial charge in [-0.1, -0.05) is 0 Å². The summed E-state index contributed by atoms with van der Waals surface area (Å²) in [6.45, 7) is 1.51. The number of aliphatic hydroxyl groups excluding tert-OH is 1. The summed E-state index contributed by atoms with van der Waals surface area (Å²) in [5, 5.41) is 11.2. The van der Waals surface area contributed by atoms with Gasteiger partial charge in [0.05, 0.1) is 17.3 Å². The molecule has 0 heterocycles. The van der Waals surface area contributed by atoms with Crippen LogP contribution in [0.15, 0.2) is 12.1 Å². The average molecular weight is 407 g/mol. The second-order valence-electron chi connectivity index (χ2n) is 4.28. The molecule has 21 heavy (non-hydrogen) atoms. The minimum absolute atomic E-state index is 0.0749. The highest BCUT2D eigenvalue weighted by Crippen LogP contribution is 2.34. The molecule has 2 N–H and O–H groups in total. The number of rotatable bonds is 7. The normalized spacial score (nSPS) is 10.1. The van der Waals surface area contributed by atoms with Crippen molar-refractivity contribution in [1.29, 1.82) is 0 Å². The molecular formula is C14H18INO5. The maximum atomic E-state index is 11.5. The Morgan fingerprint density at radius 1 is 1.38 bits per heavy atom. The van der Waals surface area contributed by atoms with Crippen LogP contribution in [0.2, 0.25) is 0 Å². The predicted octanol–water partition coefficient (Wildman–Crippen LogP) is 1.27. The van der Waals surface area contributed by atoms with E-state index in [1.165, 1.54) is 14.0 Å². The Hall–Kier alpha value is -1.35. The summed E-state index contributed by atoms with van der Waals surface area (Å²) >= 11 is 2.06. The predicted molar refractivity (Wildman–Crippen MR) is 85.4 cm³/mol. The van der Waals surface area contributed by atoms with E-state index in [1.807, 2.05) is 6.07 Å². The van der Waals surface area contributed by atoms with E-state index < -0.39 is 5.97 Å². The molecule has 0 aromatic heterocycles. The smallest absolute Gasteiger partial charge is 0.308 e. The van der Waals surface area contributed by atoms with Gasteiger partial charge >= 0.3 is 5.97 Å². The van der Waals surface area contributed by atoms with E-state index in [0.717, 1.165) is 9.13 Å². The zero-order valence-corrected chi connectivity index (χ0v) is 14.1. The SMILES string of the molecule is COc1cc(CCC(=O)NCCO)cc(I)c1OC(C)=O. The molecule has 0 fully saturated rings. The van der Waals surface area contributed by atoms with Crippen molar-refractivity contribution < 1.29 is 24.2 Å². The molecule has 116 valence electrons. The number of aliphatic hydroxyl groups is 1. The number of carbonyl (C=O) groups excluding carboxylic acids is 2. The number of hydrogen-bond acceptors (Lipinski definition) is 5. The van der Waals surface area contributed by atoms with Crippen molar-refractivity contribution in [2.24, 2.45) is 0 Å². The number of amides is 1. The lowest BCUT2D eigenvalue weighted by Gasteiger charge is -2.12. The van der Waals surface area contributed by atoms with Crippen LogP contribution in [-0.2, 0) is 16.0 Å². The van der Waals surface area contributed by atoms with E-state index in [-0.39, 0.29) is 19.1 Å². The number of benzene rings is 1. The third-order valence-corrected chi connectivity index (χ3v) is 3.41. The lowest BCUT2D eigenvalue weighted by atomic mass is 10.1. The Balaban J connectivity index is 2.78. The molecular weight excluding hydrogens is 389 g/mol. The van der Waals surface area contributed by atoms with E-state index in [1.54, 1.807) is 6.07 Å². The second-order valence-corrected chi connectivity index (χ2v) is 5.44. The quantitative estimate of drug-likeness (QED) is 0.404. The summed E-state index contributed by atoms with van der Waals surface area (Å²) in [7, 11) is 1.50. The number of esters is 1. The van der Waals surface area contributed by atoms with E-state index >= 15 is 0 Å². The van der Waals surface area contributed by atoms with Crippen LogP contribution < -0.4 is 14.8 Å². The highest BCUT2D eigenvalue weighted by Gasteiger charge is 2.14. The van der Waals surface area contributed by atoms with E-state index in [2.05, 4.69) is 27.9 Å². The van der Waals surface area contributed by atoms with Gasteiger partial charge in [-0.15, -0.1) is 0 Å². The largest absolute Gasteiger partial charge is 0.493 e. The molecule has 0 unspecified atom stereocenters. The molecule has 0 saturated heterocycles. The fourth-order valence-electron chi connectivity index (χ4n) is 1.70. The van der Waals surface area contributed by atoms with Crippen molar-refractivity contribution in [2.45, 2.75) is 19.8 Å². The molecule has 0 radical (unpaired) electrons. The maximum absolute atomic E-state index is 11.5. The molecule has 7 heteroatoms. The van der Waals surface area contributed by atoms with Crippen LogP contribution in [0.5, 0.6) is 11.5 Å². The second kappa shape index (κ2) is 8.83. The van der Waals surface area contributed by atoms with E-state index in [0.29, 0.717) is 24.3 Å². The highest BCUT2D eigenvalue weighted by atomic mass is 127. The topological polar surface area (TPSA) is 84.9 Å². The molecule has 0 aliphatic heterocycles. The number of halogens is 1. The third kappa shape index (κ3) is 5.88. The van der Waals surface area contributed by atoms with E-state index in [4.69, 9.17) is 14.6 Å².